The van der Waals surface area contributed by atoms with Gasteiger partial charge in [-0.05, 0) is 61.2 Å². The van der Waals surface area contributed by atoms with Gasteiger partial charge >= 0.3 is 5.97 Å². The van der Waals surface area contributed by atoms with Crippen LogP contribution in [0.4, 0.5) is 14.5 Å². The summed E-state index contributed by atoms with van der Waals surface area (Å²) in [7, 11) is 0. The number of rotatable bonds is 6. The molecule has 2 aromatic carbocycles. The quantitative estimate of drug-likeness (QED) is 0.176. The van der Waals surface area contributed by atoms with Crippen LogP contribution in [-0.4, -0.2) is 32.7 Å². The number of benzene rings is 2. The van der Waals surface area contributed by atoms with E-state index in [0.29, 0.717) is 34.5 Å². The number of aromatic amines is 1. The molecule has 0 fully saturated rings. The number of esters is 1. The van der Waals surface area contributed by atoms with E-state index in [1.165, 1.54) is 6.92 Å². The number of imidazole rings is 1. The Hall–Kier alpha value is -4.90. The first-order valence-corrected chi connectivity index (χ1v) is 14.2. The number of aryl methyl sites for hydroxylation is 1. The molecular formula is C32H28ClF2N5O4. The maximum absolute atomic E-state index is 14.5. The molecule has 0 radical (unpaired) electrons. The van der Waals surface area contributed by atoms with E-state index in [1.54, 1.807) is 54.7 Å². The van der Waals surface area contributed by atoms with Gasteiger partial charge in [-0.2, -0.15) is 0 Å². The fourth-order valence-corrected chi connectivity index (χ4v) is 4.98. The Morgan fingerprint density at radius 1 is 1.11 bits per heavy atom. The maximum atomic E-state index is 14.5. The average molecular weight is 620 g/mol. The number of hydrogen-bond acceptors (Lipinski definition) is 6. The first-order chi connectivity index (χ1) is 21.2. The molecule has 4 aromatic rings. The number of fused-ring (bicyclic) bond motifs is 4. The largest absolute Gasteiger partial charge is 0.459 e. The van der Waals surface area contributed by atoms with Crippen molar-refractivity contribution in [2.45, 2.75) is 45.3 Å². The Morgan fingerprint density at radius 2 is 1.91 bits per heavy atom. The van der Waals surface area contributed by atoms with Crippen molar-refractivity contribution >= 4 is 35.1 Å². The number of nitrogens with one attached hydrogen (secondary N) is 3. The van der Waals surface area contributed by atoms with Crippen molar-refractivity contribution in [1.29, 1.82) is 0 Å². The molecule has 3 heterocycles. The molecule has 2 amide bonds. The van der Waals surface area contributed by atoms with E-state index in [0.717, 1.165) is 12.1 Å². The number of anilines is 1. The molecule has 226 valence electrons. The molecule has 0 unspecified atom stereocenters. The van der Waals surface area contributed by atoms with Gasteiger partial charge in [0.25, 0.3) is 5.91 Å². The number of amides is 2. The summed E-state index contributed by atoms with van der Waals surface area (Å²) in [6.45, 7) is 1.55. The zero-order valence-corrected chi connectivity index (χ0v) is 24.4. The number of allylic oxidation sites excluding steroid dienone is 1. The number of nitrogens with zero attached hydrogens (tertiary/aromatic N) is 2. The smallest absolute Gasteiger partial charge is 0.310 e. The number of H-pyrrole nitrogens is 1. The molecule has 12 heteroatoms. The topological polar surface area (TPSA) is 126 Å². The lowest BCUT2D eigenvalue weighted by atomic mass is 10.0. The van der Waals surface area contributed by atoms with Crippen LogP contribution < -0.4 is 10.6 Å². The summed E-state index contributed by atoms with van der Waals surface area (Å²) in [6.07, 6.45) is 5.82. The van der Waals surface area contributed by atoms with Gasteiger partial charge in [0.2, 0.25) is 5.91 Å². The van der Waals surface area contributed by atoms with Crippen LogP contribution in [-0.2, 0) is 27.4 Å². The molecular weight excluding hydrogens is 592 g/mol. The van der Waals surface area contributed by atoms with Gasteiger partial charge in [-0.25, -0.2) is 13.8 Å². The minimum atomic E-state index is -0.978. The zero-order valence-electron chi connectivity index (χ0n) is 23.6. The van der Waals surface area contributed by atoms with Crippen molar-refractivity contribution in [3.63, 3.8) is 0 Å². The molecule has 0 saturated heterocycles. The SMILES string of the molecule is Cc1cc(F)c(C(=O)N[C@H]2C/C=C/CCC(=O)Nc3cc(CC(=O)OCc4ccccn4)ccc3-c3nc2[nH]c3Cl)c(F)c1. The van der Waals surface area contributed by atoms with Gasteiger partial charge in [-0.15, -0.1) is 0 Å². The average Bonchev–Trinajstić information content (AvgIpc) is 3.36. The highest BCUT2D eigenvalue weighted by molar-refractivity contribution is 6.32. The third kappa shape index (κ3) is 7.35. The van der Waals surface area contributed by atoms with Crippen molar-refractivity contribution in [2.24, 2.45) is 0 Å². The minimum Gasteiger partial charge on any atom is -0.459 e. The predicted octanol–water partition coefficient (Wildman–Crippen LogP) is 6.15. The molecule has 0 saturated carbocycles. The van der Waals surface area contributed by atoms with Crippen molar-refractivity contribution in [3.8, 4) is 11.3 Å². The van der Waals surface area contributed by atoms with Crippen LogP contribution in [0.5, 0.6) is 0 Å². The summed E-state index contributed by atoms with van der Waals surface area (Å²) in [5.74, 6) is -3.41. The fourth-order valence-electron chi connectivity index (χ4n) is 4.74. The lowest BCUT2D eigenvalue weighted by Gasteiger charge is -2.16. The highest BCUT2D eigenvalue weighted by Crippen LogP contribution is 2.35. The van der Waals surface area contributed by atoms with Gasteiger partial charge in [0, 0.05) is 18.2 Å². The summed E-state index contributed by atoms with van der Waals surface area (Å²) in [6, 6.07) is 11.7. The van der Waals surface area contributed by atoms with Crippen LogP contribution in [0, 0.1) is 18.6 Å². The van der Waals surface area contributed by atoms with Crippen LogP contribution in [0.3, 0.4) is 0 Å². The maximum Gasteiger partial charge on any atom is 0.310 e. The third-order valence-corrected chi connectivity index (χ3v) is 7.15. The number of carbonyl (C=O) groups excluding carboxylic acids is 3. The van der Waals surface area contributed by atoms with E-state index in [-0.39, 0.29) is 48.4 Å². The van der Waals surface area contributed by atoms with E-state index in [9.17, 15) is 23.2 Å². The molecule has 44 heavy (non-hydrogen) atoms. The molecule has 9 nitrogen and oxygen atoms in total. The highest BCUT2D eigenvalue weighted by Gasteiger charge is 2.26. The lowest BCUT2D eigenvalue weighted by Crippen LogP contribution is -2.30. The number of aromatic nitrogens is 3. The summed E-state index contributed by atoms with van der Waals surface area (Å²) < 4.78 is 34.4. The summed E-state index contributed by atoms with van der Waals surface area (Å²) in [4.78, 5) is 50.0. The van der Waals surface area contributed by atoms with E-state index >= 15 is 0 Å². The van der Waals surface area contributed by atoms with Gasteiger partial charge in [0.05, 0.1) is 23.8 Å². The molecule has 5 rings (SSSR count). The van der Waals surface area contributed by atoms with E-state index in [2.05, 4.69) is 25.6 Å². The normalized spacial score (nSPS) is 15.5. The van der Waals surface area contributed by atoms with Gasteiger partial charge in [0.15, 0.2) is 0 Å². The third-order valence-electron chi connectivity index (χ3n) is 6.87. The molecule has 3 N–H and O–H groups in total. The van der Waals surface area contributed by atoms with Crippen LogP contribution in [0.1, 0.15) is 58.3 Å². The Morgan fingerprint density at radius 3 is 2.66 bits per heavy atom. The summed E-state index contributed by atoms with van der Waals surface area (Å²) in [5.41, 5.74) is 1.95. The monoisotopic (exact) mass is 619 g/mol. The Labute approximate surface area is 256 Å². The van der Waals surface area contributed by atoms with Crippen molar-refractivity contribution in [3.05, 3.63) is 112 Å². The molecule has 1 aliphatic heterocycles. The zero-order chi connectivity index (χ0) is 31.2. The van der Waals surface area contributed by atoms with Crippen LogP contribution in [0.25, 0.3) is 11.3 Å². The van der Waals surface area contributed by atoms with Gasteiger partial charge < -0.3 is 20.4 Å². The predicted molar refractivity (Wildman–Crippen MR) is 160 cm³/mol. The number of ether oxygens (including phenoxy) is 1. The van der Waals surface area contributed by atoms with Crippen LogP contribution >= 0.6 is 11.6 Å². The number of pyridine rings is 1. The van der Waals surface area contributed by atoms with Crippen LogP contribution in [0.15, 0.2) is 66.9 Å². The second-order valence-corrected chi connectivity index (χ2v) is 10.6. The number of carbonyl (C=O) groups is 3. The molecule has 2 aromatic heterocycles. The first kappa shape index (κ1) is 30.6. The molecule has 0 spiro atoms. The Balaban J connectivity index is 1.42. The van der Waals surface area contributed by atoms with E-state index in [1.807, 2.05) is 0 Å². The molecule has 1 aliphatic rings. The lowest BCUT2D eigenvalue weighted by molar-refractivity contribution is -0.144. The molecule has 1 atom stereocenters. The summed E-state index contributed by atoms with van der Waals surface area (Å²) in [5, 5.41) is 5.65. The minimum absolute atomic E-state index is 0.0292. The fraction of sp³-hybridized carbons (Fsp3) is 0.219. The molecule has 2 bridgehead atoms. The molecule has 0 aliphatic carbocycles. The number of hydrogen-bond donors (Lipinski definition) is 3. The van der Waals surface area contributed by atoms with Crippen molar-refractivity contribution in [2.75, 3.05) is 5.32 Å². The number of halogens is 3. The Kier molecular flexibility index (Phi) is 9.44. The van der Waals surface area contributed by atoms with Crippen molar-refractivity contribution in [1.82, 2.24) is 20.3 Å². The second kappa shape index (κ2) is 13.6. The van der Waals surface area contributed by atoms with E-state index in [4.69, 9.17) is 16.3 Å². The van der Waals surface area contributed by atoms with Crippen molar-refractivity contribution < 1.29 is 27.9 Å². The standard InChI is InChI=1S/C32H28ClF2N5O4/c1-18-13-22(34)28(23(35)14-18)32(43)38-24-8-3-2-4-9-26(41)37-25-15-19(10-11-21(25)29-30(33)40-31(24)39-29)16-27(42)44-17-20-7-5-6-12-36-20/h2-3,5-7,10-15,24H,4,8-9,16-17H2,1H3,(H,37,41)(H,38,43)(H,39,40)/b3-2+/t24-/m0/s1. The van der Waals surface area contributed by atoms with Crippen LogP contribution in [0.2, 0.25) is 5.15 Å². The first-order valence-electron chi connectivity index (χ1n) is 13.8. The van der Waals surface area contributed by atoms with Gasteiger partial charge in [-0.3, -0.25) is 19.4 Å². The Bertz CT molecular complexity index is 1720. The van der Waals surface area contributed by atoms with E-state index < -0.39 is 35.1 Å². The van der Waals surface area contributed by atoms with Gasteiger partial charge in [-0.1, -0.05) is 42.0 Å². The summed E-state index contributed by atoms with van der Waals surface area (Å²) >= 11 is 6.56. The van der Waals surface area contributed by atoms with Gasteiger partial charge in [0.1, 0.15) is 40.5 Å². The second-order valence-electron chi connectivity index (χ2n) is 10.2. The highest BCUT2D eigenvalue weighted by atomic mass is 35.5.